The van der Waals surface area contributed by atoms with Crippen LogP contribution in [-0.4, -0.2) is 11.3 Å². The second-order valence-corrected chi connectivity index (χ2v) is 4.36. The first kappa shape index (κ1) is 12.3. The average molecular weight is 241 g/mol. The number of rotatable bonds is 3. The van der Waals surface area contributed by atoms with Crippen LogP contribution in [0.3, 0.4) is 0 Å². The molecule has 0 fully saturated rings. The number of benzene rings is 1. The van der Waals surface area contributed by atoms with Crippen LogP contribution in [0.4, 0.5) is 0 Å². The van der Waals surface area contributed by atoms with Gasteiger partial charge < -0.3 is 4.74 Å². The molecular weight excluding hydrogens is 226 g/mol. The van der Waals surface area contributed by atoms with Crippen molar-refractivity contribution in [2.45, 2.75) is 20.8 Å². The number of hydrogen-bond acceptors (Lipinski definition) is 3. The topological polar surface area (TPSA) is 39.2 Å². The molecule has 1 heterocycles. The molecule has 18 heavy (non-hydrogen) atoms. The lowest BCUT2D eigenvalue weighted by Gasteiger charge is -2.09. The molecule has 2 rings (SSSR count). The minimum Gasteiger partial charge on any atom is -0.439 e. The van der Waals surface area contributed by atoms with Gasteiger partial charge in [-0.1, -0.05) is 6.07 Å². The van der Waals surface area contributed by atoms with Crippen molar-refractivity contribution in [3.05, 3.63) is 52.7 Å². The predicted octanol–water partition coefficient (Wildman–Crippen LogP) is 3.61. The van der Waals surface area contributed by atoms with Crippen LogP contribution in [0.2, 0.25) is 0 Å². The van der Waals surface area contributed by atoms with Gasteiger partial charge >= 0.3 is 0 Å². The molecule has 0 saturated heterocycles. The third-order valence-electron chi connectivity index (χ3n) is 2.88. The molecule has 0 aliphatic heterocycles. The Bertz CT molecular complexity index is 591. The summed E-state index contributed by atoms with van der Waals surface area (Å²) in [5.41, 5.74) is 3.80. The quantitative estimate of drug-likeness (QED) is 0.770. The highest BCUT2D eigenvalue weighted by Crippen LogP contribution is 2.24. The maximum Gasteiger partial charge on any atom is 0.222 e. The fourth-order valence-corrected chi connectivity index (χ4v) is 1.64. The summed E-state index contributed by atoms with van der Waals surface area (Å²) in [5.74, 6) is 1.29. The van der Waals surface area contributed by atoms with Gasteiger partial charge in [-0.3, -0.25) is 4.79 Å². The summed E-state index contributed by atoms with van der Waals surface area (Å²) in [4.78, 5) is 14.8. The van der Waals surface area contributed by atoms with E-state index in [9.17, 15) is 4.79 Å². The van der Waals surface area contributed by atoms with Crippen LogP contribution in [-0.2, 0) is 0 Å². The summed E-state index contributed by atoms with van der Waals surface area (Å²) in [6.07, 6.45) is 2.29. The van der Waals surface area contributed by atoms with Crippen molar-refractivity contribution >= 4 is 6.29 Å². The molecule has 0 amide bonds. The molecular formula is C15H15NO2. The molecule has 0 saturated carbocycles. The van der Waals surface area contributed by atoms with E-state index >= 15 is 0 Å². The zero-order valence-corrected chi connectivity index (χ0v) is 10.7. The highest BCUT2D eigenvalue weighted by molar-refractivity contribution is 5.74. The standard InChI is InChI=1S/C15H15NO2/c1-10-4-5-14(7-11(10)2)18-15-12(3)6-13(9-17)8-16-15/h4-9H,1-3H3. The first-order valence-corrected chi connectivity index (χ1v) is 5.77. The van der Waals surface area contributed by atoms with Crippen LogP contribution in [0.1, 0.15) is 27.0 Å². The molecule has 3 heteroatoms. The fourth-order valence-electron chi connectivity index (χ4n) is 1.64. The fraction of sp³-hybridized carbons (Fsp3) is 0.200. The molecule has 0 atom stereocenters. The van der Waals surface area contributed by atoms with E-state index in [-0.39, 0.29) is 0 Å². The summed E-state index contributed by atoms with van der Waals surface area (Å²) in [6, 6.07) is 7.66. The molecule has 0 spiro atoms. The lowest BCUT2D eigenvalue weighted by molar-refractivity contribution is 0.112. The van der Waals surface area contributed by atoms with Crippen molar-refractivity contribution in [3.63, 3.8) is 0 Å². The Morgan fingerprint density at radius 1 is 1.06 bits per heavy atom. The van der Waals surface area contributed by atoms with Crippen molar-refractivity contribution in [1.82, 2.24) is 4.98 Å². The number of ether oxygens (including phenoxy) is 1. The Labute approximate surface area is 106 Å². The van der Waals surface area contributed by atoms with Crippen LogP contribution in [0, 0.1) is 20.8 Å². The zero-order chi connectivity index (χ0) is 13.1. The summed E-state index contributed by atoms with van der Waals surface area (Å²) in [5, 5.41) is 0. The van der Waals surface area contributed by atoms with E-state index in [1.54, 1.807) is 6.07 Å². The molecule has 1 aromatic carbocycles. The van der Waals surface area contributed by atoms with Crippen LogP contribution < -0.4 is 4.74 Å². The molecule has 3 nitrogen and oxygen atoms in total. The lowest BCUT2D eigenvalue weighted by Crippen LogP contribution is -1.94. The first-order valence-electron chi connectivity index (χ1n) is 5.77. The summed E-state index contributed by atoms with van der Waals surface area (Å²) >= 11 is 0. The van der Waals surface area contributed by atoms with E-state index < -0.39 is 0 Å². The number of aryl methyl sites for hydroxylation is 3. The summed E-state index contributed by atoms with van der Waals surface area (Å²) in [7, 11) is 0. The number of carbonyl (C=O) groups excluding carboxylic acids is 1. The van der Waals surface area contributed by atoms with Crippen molar-refractivity contribution in [1.29, 1.82) is 0 Å². The Morgan fingerprint density at radius 3 is 2.44 bits per heavy atom. The minimum atomic E-state index is 0.531. The number of hydrogen-bond donors (Lipinski definition) is 0. The summed E-state index contributed by atoms with van der Waals surface area (Å²) < 4.78 is 5.72. The van der Waals surface area contributed by atoms with Gasteiger partial charge in [-0.25, -0.2) is 4.98 Å². The predicted molar refractivity (Wildman–Crippen MR) is 70.4 cm³/mol. The molecule has 0 N–H and O–H groups in total. The van der Waals surface area contributed by atoms with Gasteiger partial charge in [-0.2, -0.15) is 0 Å². The average Bonchev–Trinajstić information content (AvgIpc) is 2.36. The van der Waals surface area contributed by atoms with E-state index in [4.69, 9.17) is 4.74 Å². The number of carbonyl (C=O) groups is 1. The molecule has 0 radical (unpaired) electrons. The third kappa shape index (κ3) is 2.56. The second kappa shape index (κ2) is 5.00. The SMILES string of the molecule is Cc1ccc(Oc2ncc(C=O)cc2C)cc1C. The van der Waals surface area contributed by atoms with E-state index in [0.29, 0.717) is 11.4 Å². The van der Waals surface area contributed by atoms with Crippen molar-refractivity contribution in [2.75, 3.05) is 0 Å². The third-order valence-corrected chi connectivity index (χ3v) is 2.88. The number of aldehydes is 1. The van der Waals surface area contributed by atoms with Gasteiger partial charge in [0.25, 0.3) is 0 Å². The Balaban J connectivity index is 2.28. The lowest BCUT2D eigenvalue weighted by atomic mass is 10.1. The first-order chi connectivity index (χ1) is 8.60. The number of pyridine rings is 1. The normalized spacial score (nSPS) is 10.2. The van der Waals surface area contributed by atoms with Crippen molar-refractivity contribution < 1.29 is 9.53 Å². The van der Waals surface area contributed by atoms with Gasteiger partial charge in [0.15, 0.2) is 6.29 Å². The molecule has 0 aliphatic carbocycles. The van der Waals surface area contributed by atoms with E-state index in [2.05, 4.69) is 11.9 Å². The molecule has 1 aromatic heterocycles. The smallest absolute Gasteiger partial charge is 0.222 e. The monoisotopic (exact) mass is 241 g/mol. The summed E-state index contributed by atoms with van der Waals surface area (Å²) in [6.45, 7) is 5.97. The van der Waals surface area contributed by atoms with E-state index in [1.165, 1.54) is 17.3 Å². The van der Waals surface area contributed by atoms with Gasteiger partial charge in [0, 0.05) is 17.3 Å². The van der Waals surface area contributed by atoms with Gasteiger partial charge in [0.05, 0.1) is 0 Å². The number of nitrogens with zero attached hydrogens (tertiary/aromatic N) is 1. The molecule has 92 valence electrons. The maximum atomic E-state index is 10.6. The largest absolute Gasteiger partial charge is 0.439 e. The zero-order valence-electron chi connectivity index (χ0n) is 10.7. The molecule has 0 aliphatic rings. The molecule has 0 unspecified atom stereocenters. The minimum absolute atomic E-state index is 0.531. The van der Waals surface area contributed by atoms with E-state index in [0.717, 1.165) is 17.6 Å². The van der Waals surface area contributed by atoms with Crippen LogP contribution in [0.25, 0.3) is 0 Å². The van der Waals surface area contributed by atoms with Crippen molar-refractivity contribution in [3.8, 4) is 11.6 Å². The Morgan fingerprint density at radius 2 is 1.83 bits per heavy atom. The molecule has 2 aromatic rings. The van der Waals surface area contributed by atoms with Gasteiger partial charge in [0.1, 0.15) is 5.75 Å². The Kier molecular flexibility index (Phi) is 3.42. The van der Waals surface area contributed by atoms with E-state index in [1.807, 2.05) is 32.0 Å². The molecule has 0 bridgehead atoms. The van der Waals surface area contributed by atoms with Gasteiger partial charge in [-0.15, -0.1) is 0 Å². The van der Waals surface area contributed by atoms with Gasteiger partial charge in [-0.05, 0) is 50.1 Å². The Hall–Kier alpha value is -2.16. The maximum absolute atomic E-state index is 10.6. The highest BCUT2D eigenvalue weighted by atomic mass is 16.5. The van der Waals surface area contributed by atoms with Crippen LogP contribution in [0.15, 0.2) is 30.5 Å². The van der Waals surface area contributed by atoms with Gasteiger partial charge in [0.2, 0.25) is 5.88 Å². The highest BCUT2D eigenvalue weighted by Gasteiger charge is 2.05. The van der Waals surface area contributed by atoms with Crippen LogP contribution >= 0.6 is 0 Å². The second-order valence-electron chi connectivity index (χ2n) is 4.36. The van der Waals surface area contributed by atoms with Crippen LogP contribution in [0.5, 0.6) is 11.6 Å². The number of aromatic nitrogens is 1. The van der Waals surface area contributed by atoms with Crippen molar-refractivity contribution in [2.24, 2.45) is 0 Å².